The maximum absolute atomic E-state index is 12.5. The van der Waals surface area contributed by atoms with Crippen LogP contribution in [0.2, 0.25) is 5.02 Å². The maximum Gasteiger partial charge on any atom is 0.321 e. The van der Waals surface area contributed by atoms with E-state index in [9.17, 15) is 4.79 Å². The molecule has 2 amide bonds. The van der Waals surface area contributed by atoms with E-state index in [0.717, 1.165) is 19.3 Å². The summed E-state index contributed by atoms with van der Waals surface area (Å²) >= 11 is 6.34. The molecule has 1 N–H and O–H groups in total. The fraction of sp³-hybridized carbons (Fsp3) is 0.526. The molecule has 0 spiro atoms. The van der Waals surface area contributed by atoms with Gasteiger partial charge in [0.15, 0.2) is 5.82 Å². The van der Waals surface area contributed by atoms with Crippen molar-refractivity contribution in [3.05, 3.63) is 34.9 Å². The Kier molecular flexibility index (Phi) is 5.20. The summed E-state index contributed by atoms with van der Waals surface area (Å²) in [6.07, 6.45) is 5.61. The lowest BCUT2D eigenvalue weighted by molar-refractivity contribution is 0.210. The number of rotatable bonds is 4. The van der Waals surface area contributed by atoms with Gasteiger partial charge in [0.2, 0.25) is 5.89 Å². The van der Waals surface area contributed by atoms with Crippen molar-refractivity contribution in [3.63, 3.8) is 0 Å². The molecule has 27 heavy (non-hydrogen) atoms. The molecule has 144 valence electrons. The van der Waals surface area contributed by atoms with Crippen LogP contribution < -0.4 is 10.1 Å². The number of ether oxygens (including phenoxy) is 1. The number of aromatic nitrogens is 2. The number of aryl methyl sites for hydroxylation is 1. The molecule has 1 aromatic carbocycles. The molecule has 2 aromatic rings. The first kappa shape index (κ1) is 18.1. The molecule has 7 nitrogen and oxygen atoms in total. The lowest BCUT2D eigenvalue weighted by Crippen LogP contribution is -2.32. The van der Waals surface area contributed by atoms with Crippen molar-refractivity contribution in [2.45, 2.75) is 51.0 Å². The largest absolute Gasteiger partial charge is 0.489 e. The third-order valence-corrected chi connectivity index (χ3v) is 5.44. The van der Waals surface area contributed by atoms with E-state index in [2.05, 4.69) is 15.5 Å². The summed E-state index contributed by atoms with van der Waals surface area (Å²) in [6.45, 7) is 2.99. The van der Waals surface area contributed by atoms with Crippen LogP contribution in [0.25, 0.3) is 0 Å². The van der Waals surface area contributed by atoms with E-state index in [-0.39, 0.29) is 18.1 Å². The molecule has 2 fully saturated rings. The third kappa shape index (κ3) is 4.18. The van der Waals surface area contributed by atoms with E-state index in [4.69, 9.17) is 20.9 Å². The molecule has 1 saturated heterocycles. The minimum atomic E-state index is -0.158. The Morgan fingerprint density at radius 1 is 1.33 bits per heavy atom. The van der Waals surface area contributed by atoms with Gasteiger partial charge in [-0.1, -0.05) is 16.8 Å². The molecule has 0 radical (unpaired) electrons. The molecule has 8 heteroatoms. The molecule has 4 rings (SSSR count). The van der Waals surface area contributed by atoms with Gasteiger partial charge in [-0.2, -0.15) is 4.98 Å². The monoisotopic (exact) mass is 390 g/mol. The lowest BCUT2D eigenvalue weighted by atomic mass is 10.1. The van der Waals surface area contributed by atoms with Crippen LogP contribution in [0.15, 0.2) is 22.7 Å². The highest BCUT2D eigenvalue weighted by molar-refractivity contribution is 6.32. The van der Waals surface area contributed by atoms with Crippen molar-refractivity contribution in [1.82, 2.24) is 15.0 Å². The van der Waals surface area contributed by atoms with Gasteiger partial charge in [0, 0.05) is 18.8 Å². The number of hydrogen-bond donors (Lipinski definition) is 1. The van der Waals surface area contributed by atoms with Crippen LogP contribution in [0, 0.1) is 6.92 Å². The molecule has 0 bridgehead atoms. The Hall–Kier alpha value is -2.28. The third-order valence-electron chi connectivity index (χ3n) is 5.15. The minimum Gasteiger partial charge on any atom is -0.489 e. The highest BCUT2D eigenvalue weighted by atomic mass is 35.5. The fourth-order valence-corrected chi connectivity index (χ4v) is 3.91. The Labute approximate surface area is 163 Å². The topological polar surface area (TPSA) is 80.5 Å². The van der Waals surface area contributed by atoms with Crippen LogP contribution in [0.4, 0.5) is 10.5 Å². The molecule has 1 aliphatic carbocycles. The number of likely N-dealkylation sites (tertiary alicyclic amines) is 1. The second-order valence-electron chi connectivity index (χ2n) is 7.21. The van der Waals surface area contributed by atoms with Gasteiger partial charge >= 0.3 is 6.03 Å². The predicted molar refractivity (Wildman–Crippen MR) is 101 cm³/mol. The van der Waals surface area contributed by atoms with Crippen molar-refractivity contribution in [1.29, 1.82) is 0 Å². The van der Waals surface area contributed by atoms with Crippen molar-refractivity contribution in [2.24, 2.45) is 0 Å². The first-order valence-corrected chi connectivity index (χ1v) is 9.78. The summed E-state index contributed by atoms with van der Waals surface area (Å²) in [5.41, 5.74) is 0.654. The van der Waals surface area contributed by atoms with Crippen LogP contribution in [-0.4, -0.2) is 40.3 Å². The van der Waals surface area contributed by atoms with Gasteiger partial charge in [0.1, 0.15) is 5.75 Å². The molecular formula is C19H23ClN4O3. The van der Waals surface area contributed by atoms with E-state index in [0.29, 0.717) is 41.3 Å². The van der Waals surface area contributed by atoms with Gasteiger partial charge < -0.3 is 19.5 Å². The van der Waals surface area contributed by atoms with Crippen LogP contribution in [0.1, 0.15) is 49.7 Å². The van der Waals surface area contributed by atoms with E-state index < -0.39 is 0 Å². The zero-order chi connectivity index (χ0) is 18.8. The summed E-state index contributed by atoms with van der Waals surface area (Å²) in [6, 6.07) is 5.22. The number of hydrogen-bond acceptors (Lipinski definition) is 5. The summed E-state index contributed by atoms with van der Waals surface area (Å²) in [7, 11) is 0. The molecule has 2 heterocycles. The average molecular weight is 391 g/mol. The van der Waals surface area contributed by atoms with Gasteiger partial charge in [-0.15, -0.1) is 0 Å². The molecule has 1 unspecified atom stereocenters. The van der Waals surface area contributed by atoms with Crippen LogP contribution in [0.3, 0.4) is 0 Å². The first-order valence-electron chi connectivity index (χ1n) is 9.41. The Morgan fingerprint density at radius 3 is 2.85 bits per heavy atom. The number of carbonyl (C=O) groups is 1. The summed E-state index contributed by atoms with van der Waals surface area (Å²) in [5.74, 6) is 1.97. The van der Waals surface area contributed by atoms with Crippen molar-refractivity contribution >= 4 is 23.3 Å². The summed E-state index contributed by atoms with van der Waals surface area (Å²) in [4.78, 5) is 18.6. The second kappa shape index (κ2) is 7.76. The number of nitrogens with zero attached hydrogens (tertiary/aromatic N) is 3. The Morgan fingerprint density at radius 2 is 2.15 bits per heavy atom. The minimum absolute atomic E-state index is 0.0859. The normalized spacial score (nSPS) is 20.2. The predicted octanol–water partition coefficient (Wildman–Crippen LogP) is 4.37. The zero-order valence-electron chi connectivity index (χ0n) is 15.3. The number of amides is 2. The lowest BCUT2D eigenvalue weighted by Gasteiger charge is -2.18. The number of urea groups is 1. The van der Waals surface area contributed by atoms with Crippen molar-refractivity contribution < 1.29 is 14.1 Å². The fourth-order valence-electron chi connectivity index (χ4n) is 3.69. The zero-order valence-corrected chi connectivity index (χ0v) is 16.0. The van der Waals surface area contributed by atoms with E-state index in [1.807, 2.05) is 12.1 Å². The summed E-state index contributed by atoms with van der Waals surface area (Å²) < 4.78 is 11.2. The van der Waals surface area contributed by atoms with Crippen molar-refractivity contribution in [3.8, 4) is 5.75 Å². The highest BCUT2D eigenvalue weighted by Crippen LogP contribution is 2.32. The highest BCUT2D eigenvalue weighted by Gasteiger charge is 2.31. The molecule has 1 aliphatic heterocycles. The number of benzene rings is 1. The van der Waals surface area contributed by atoms with Gasteiger partial charge in [-0.05, 0) is 57.2 Å². The Bertz CT molecular complexity index is 819. The molecule has 1 saturated carbocycles. The van der Waals surface area contributed by atoms with Crippen LogP contribution in [0.5, 0.6) is 5.75 Å². The maximum atomic E-state index is 12.5. The second-order valence-corrected chi connectivity index (χ2v) is 7.62. The van der Waals surface area contributed by atoms with Gasteiger partial charge in [0.25, 0.3) is 0 Å². The number of carbonyl (C=O) groups excluding carboxylic acids is 1. The van der Waals surface area contributed by atoms with E-state index in [1.165, 1.54) is 12.8 Å². The van der Waals surface area contributed by atoms with E-state index in [1.54, 1.807) is 17.9 Å². The van der Waals surface area contributed by atoms with Crippen molar-refractivity contribution in [2.75, 3.05) is 18.4 Å². The quantitative estimate of drug-likeness (QED) is 0.838. The molecule has 1 aromatic heterocycles. The molecular weight excluding hydrogens is 368 g/mol. The van der Waals surface area contributed by atoms with Crippen LogP contribution >= 0.6 is 11.6 Å². The van der Waals surface area contributed by atoms with Gasteiger partial charge in [-0.3, -0.25) is 0 Å². The Balaban J connectivity index is 1.34. The first-order chi connectivity index (χ1) is 13.1. The number of halogens is 1. The molecule has 2 aliphatic rings. The average Bonchev–Trinajstić information content (AvgIpc) is 3.38. The number of anilines is 1. The van der Waals surface area contributed by atoms with Gasteiger partial charge in [-0.25, -0.2) is 4.79 Å². The SMILES string of the molecule is Cc1noc(C2CCN(C(=O)Nc3ccc(OC4CCCC4)c(Cl)c3)C2)n1. The smallest absolute Gasteiger partial charge is 0.321 e. The van der Waals surface area contributed by atoms with Crippen LogP contribution in [-0.2, 0) is 0 Å². The standard InChI is InChI=1S/C19H23ClN4O3/c1-12-21-18(27-23-12)13-8-9-24(11-13)19(25)22-14-6-7-17(16(20)10-14)26-15-4-2-3-5-15/h6-7,10,13,15H,2-5,8-9,11H2,1H3,(H,22,25). The van der Waals surface area contributed by atoms with Gasteiger partial charge in [0.05, 0.1) is 17.0 Å². The molecule has 1 atom stereocenters. The number of nitrogens with one attached hydrogen (secondary N) is 1. The summed E-state index contributed by atoms with van der Waals surface area (Å²) in [5, 5.41) is 7.24. The van der Waals surface area contributed by atoms with E-state index >= 15 is 0 Å².